The van der Waals surface area contributed by atoms with Crippen molar-refractivity contribution in [1.29, 1.82) is 0 Å². The second-order valence-corrected chi connectivity index (χ2v) is 19.5. The first-order valence-corrected chi connectivity index (χ1v) is 22.5. The molecule has 0 bridgehead atoms. The Balaban J connectivity index is 0.00000533. The molecule has 0 spiro atoms. The van der Waals surface area contributed by atoms with Crippen molar-refractivity contribution >= 4 is 11.0 Å². The van der Waals surface area contributed by atoms with E-state index in [-0.39, 0.29) is 37.6 Å². The molecule has 0 aliphatic heterocycles. The second kappa shape index (κ2) is 16.9. The van der Waals surface area contributed by atoms with Crippen molar-refractivity contribution < 1.29 is 26.2 Å². The Morgan fingerprint density at radius 1 is 0.554 bits per heavy atom. The van der Waals surface area contributed by atoms with Crippen LogP contribution in [0.2, 0.25) is 0 Å². The first-order chi connectivity index (χ1) is 30.8. The zero-order chi connectivity index (χ0) is 44.5. The predicted molar refractivity (Wildman–Crippen MR) is 266 cm³/mol. The monoisotopic (exact) mass is 1030 g/mol. The normalized spacial score (nSPS) is 12.4. The number of nitrogens with zero attached hydrogens (tertiary/aromatic N) is 3. The number of imidazole rings is 1. The van der Waals surface area contributed by atoms with Crippen molar-refractivity contribution in [3.8, 4) is 78.7 Å². The van der Waals surface area contributed by atoms with Crippen LogP contribution in [0.25, 0.3) is 84.0 Å². The maximum Gasteiger partial charge on any atom is 0.163 e. The maximum atomic E-state index is 11.2. The third kappa shape index (κ3) is 7.87. The zero-order valence-electron chi connectivity index (χ0n) is 38.5. The molecule has 9 aromatic rings. The quantitative estimate of drug-likeness (QED) is 0.169. The molecule has 1 aliphatic rings. The summed E-state index contributed by atoms with van der Waals surface area (Å²) in [7, 11) is 0. The van der Waals surface area contributed by atoms with Crippen molar-refractivity contribution in [3.05, 3.63) is 191 Å². The number of phenolic OH excluding ortho intramolecular Hbond substituents is 1. The Morgan fingerprint density at radius 2 is 1.17 bits per heavy atom. The number of rotatable bonds is 6. The van der Waals surface area contributed by atoms with Crippen LogP contribution < -0.4 is 0 Å². The first-order valence-electron chi connectivity index (χ1n) is 22.5. The van der Waals surface area contributed by atoms with Gasteiger partial charge in [-0.1, -0.05) is 156 Å². The number of phenols is 1. The minimum atomic E-state index is -0.0274. The minimum absolute atomic E-state index is 0. The van der Waals surface area contributed by atoms with Crippen molar-refractivity contribution in [3.63, 3.8) is 0 Å². The van der Waals surface area contributed by atoms with E-state index in [2.05, 4.69) is 193 Å². The van der Waals surface area contributed by atoms with Crippen LogP contribution in [0.5, 0.6) is 5.75 Å². The predicted octanol–water partition coefficient (Wildman–Crippen LogP) is 15.2. The topological polar surface area (TPSA) is 50.9 Å². The molecule has 0 unspecified atom stereocenters. The van der Waals surface area contributed by atoms with Gasteiger partial charge in [-0.05, 0) is 122 Å². The summed E-state index contributed by atoms with van der Waals surface area (Å²) < 4.78 is 2.31. The Morgan fingerprint density at radius 3 is 1.80 bits per heavy atom. The Labute approximate surface area is 398 Å². The van der Waals surface area contributed by atoms with Crippen LogP contribution >= 0.6 is 0 Å². The molecule has 1 aliphatic carbocycles. The molecular formula is C60H54N3OPt-. The number of aromatic nitrogens is 3. The van der Waals surface area contributed by atoms with Crippen molar-refractivity contribution in [1.82, 2.24) is 14.5 Å². The van der Waals surface area contributed by atoms with Gasteiger partial charge in [0, 0.05) is 26.6 Å². The summed E-state index contributed by atoms with van der Waals surface area (Å²) in [6.45, 7) is 18.0. The minimum Gasteiger partial charge on any atom is -0.507 e. The summed E-state index contributed by atoms with van der Waals surface area (Å²) in [5.41, 5.74) is 21.2. The van der Waals surface area contributed by atoms with E-state index in [1.165, 1.54) is 22.3 Å². The van der Waals surface area contributed by atoms with Gasteiger partial charge in [0.15, 0.2) is 5.82 Å². The number of fused-ring (bicyclic) bond motifs is 4. The fourth-order valence-electron chi connectivity index (χ4n) is 9.73. The van der Waals surface area contributed by atoms with E-state index in [1.807, 2.05) is 18.2 Å². The van der Waals surface area contributed by atoms with Gasteiger partial charge in [0.2, 0.25) is 0 Å². The number of hydrogen-bond donors (Lipinski definition) is 1. The molecule has 0 saturated carbocycles. The summed E-state index contributed by atoms with van der Waals surface area (Å²) in [6.07, 6.45) is 1.73. The van der Waals surface area contributed by atoms with Crippen molar-refractivity contribution in [2.24, 2.45) is 0 Å². The number of para-hydroxylation sites is 1. The molecular weight excluding hydrogens is 974 g/mol. The molecule has 0 amide bonds. The Kier molecular flexibility index (Phi) is 11.4. The number of pyridine rings is 1. The van der Waals surface area contributed by atoms with Gasteiger partial charge in [-0.2, -0.15) is 0 Å². The summed E-state index contributed by atoms with van der Waals surface area (Å²) >= 11 is 0. The van der Waals surface area contributed by atoms with Crippen LogP contribution in [0.15, 0.2) is 152 Å². The van der Waals surface area contributed by atoms with Gasteiger partial charge in [-0.15, -0.1) is 35.9 Å². The van der Waals surface area contributed by atoms with Crippen LogP contribution in [0.1, 0.15) is 74.9 Å². The van der Waals surface area contributed by atoms with Gasteiger partial charge >= 0.3 is 0 Å². The molecule has 7 aromatic carbocycles. The molecule has 5 heteroatoms. The van der Waals surface area contributed by atoms with Crippen LogP contribution in [0.3, 0.4) is 0 Å². The zero-order valence-corrected chi connectivity index (χ0v) is 40.7. The van der Waals surface area contributed by atoms with E-state index >= 15 is 0 Å². The summed E-state index contributed by atoms with van der Waals surface area (Å²) in [5, 5.41) is 11.2. The molecule has 0 radical (unpaired) electrons. The van der Waals surface area contributed by atoms with Crippen LogP contribution in [0.4, 0.5) is 0 Å². The largest absolute Gasteiger partial charge is 0.507 e. The molecule has 2 heterocycles. The molecule has 0 atom stereocenters. The van der Waals surface area contributed by atoms with Crippen molar-refractivity contribution in [2.75, 3.05) is 0 Å². The van der Waals surface area contributed by atoms with Crippen LogP contribution in [0, 0.1) is 19.9 Å². The molecule has 326 valence electrons. The average molecular weight is 1030 g/mol. The number of aryl methyl sites for hydroxylation is 4. The summed E-state index contributed by atoms with van der Waals surface area (Å²) in [4.78, 5) is 11.2. The Bertz CT molecular complexity index is 3180. The maximum absolute atomic E-state index is 11.2. The van der Waals surface area contributed by atoms with E-state index in [9.17, 15) is 5.11 Å². The molecule has 65 heavy (non-hydrogen) atoms. The van der Waals surface area contributed by atoms with Crippen molar-refractivity contribution in [2.45, 2.75) is 79.1 Å². The van der Waals surface area contributed by atoms with E-state index in [0.717, 1.165) is 108 Å². The van der Waals surface area contributed by atoms with Gasteiger partial charge in [-0.3, -0.25) is 4.57 Å². The fraction of sp³-hybridized carbons (Fsp3) is 0.200. The number of hydrogen-bond acceptors (Lipinski definition) is 3. The average Bonchev–Trinajstić information content (AvgIpc) is 3.67. The molecule has 1 N–H and O–H groups in total. The standard InChI is InChI=1S/C60H54N3O.Pt/c1-37-17-12-18-38(2)57(37)63-50-34-32-48(54-46(42-22-13-24-44(35-42)59(3,4)5)26-16-27-47(54)43-23-14-25-45(36-43)60(6,7)8)52(39-19-10-9-11-20-39)56(50)62-58(63)49-33-31-41-30-29-40-21-15-28-51(64)53(40)55(41)61-49;/h9-19,21-28,31-36,64H,29-30H2,1-8H3;/q-1;. The van der Waals surface area contributed by atoms with Gasteiger partial charge in [-0.25, -0.2) is 9.97 Å². The van der Waals surface area contributed by atoms with Gasteiger partial charge in [0.25, 0.3) is 0 Å². The second-order valence-electron chi connectivity index (χ2n) is 19.5. The third-order valence-corrected chi connectivity index (χ3v) is 13.1. The molecule has 0 fully saturated rings. The van der Waals surface area contributed by atoms with Gasteiger partial charge in [0.1, 0.15) is 11.4 Å². The molecule has 0 saturated heterocycles. The van der Waals surface area contributed by atoms with Crippen LogP contribution in [-0.2, 0) is 44.7 Å². The summed E-state index contributed by atoms with van der Waals surface area (Å²) in [5.74, 6) is 1.00. The number of aromatic hydroxyl groups is 1. The molecule has 4 nitrogen and oxygen atoms in total. The smallest absolute Gasteiger partial charge is 0.163 e. The van der Waals surface area contributed by atoms with E-state index < -0.39 is 0 Å². The van der Waals surface area contributed by atoms with Gasteiger partial charge < -0.3 is 5.11 Å². The van der Waals surface area contributed by atoms with Crippen LogP contribution in [-0.4, -0.2) is 19.6 Å². The Hall–Kier alpha value is -6.35. The summed E-state index contributed by atoms with van der Waals surface area (Å²) in [6, 6.07) is 58.0. The first kappa shape index (κ1) is 43.9. The molecule has 2 aromatic heterocycles. The number of benzene rings is 7. The third-order valence-electron chi connectivity index (χ3n) is 13.1. The van der Waals surface area contributed by atoms with E-state index in [0.29, 0.717) is 0 Å². The van der Waals surface area contributed by atoms with Gasteiger partial charge in [0.05, 0.1) is 22.4 Å². The fourth-order valence-corrected chi connectivity index (χ4v) is 9.73. The van der Waals surface area contributed by atoms with E-state index in [4.69, 9.17) is 9.97 Å². The molecule has 10 rings (SSSR count). The SMILES string of the molecule is Cc1cccc(C)c1-n1c(-c2ccc3c(n2)-c2c(O)cccc2CC3)nc2c(-c3[c-]cccc3)c(-c3c(-c4cccc(C(C)(C)C)c4)cccc3-c3cccc(C(C)(C)C)c3)ccc21.[Pt]. The van der Waals surface area contributed by atoms with E-state index in [1.54, 1.807) is 6.07 Å².